The van der Waals surface area contributed by atoms with E-state index >= 15 is 0 Å². The van der Waals surface area contributed by atoms with E-state index in [1.54, 1.807) is 12.4 Å². The van der Waals surface area contributed by atoms with E-state index in [4.69, 9.17) is 27.0 Å². The lowest BCUT2D eigenvalue weighted by atomic mass is 9.91. The second kappa shape index (κ2) is 9.92. The smallest absolute Gasteiger partial charge is 0.407 e. The Kier molecular flexibility index (Phi) is 6.80. The van der Waals surface area contributed by atoms with Crippen LogP contribution in [0.2, 0.25) is 5.02 Å². The van der Waals surface area contributed by atoms with Gasteiger partial charge in [0, 0.05) is 68.4 Å². The zero-order valence-electron chi connectivity index (χ0n) is 18.1. The van der Waals surface area contributed by atoms with Gasteiger partial charge in [-0.1, -0.05) is 35.9 Å². The summed E-state index contributed by atoms with van der Waals surface area (Å²) in [5.74, 6) is 0. The van der Waals surface area contributed by atoms with E-state index in [0.29, 0.717) is 24.5 Å². The molecule has 33 heavy (non-hydrogen) atoms. The number of allylic oxidation sites excluding steroid dienone is 1. The minimum Gasteiger partial charge on any atom is -0.441 e. The van der Waals surface area contributed by atoms with Gasteiger partial charge in [0.2, 0.25) is 0 Å². The lowest BCUT2D eigenvalue weighted by Crippen LogP contribution is -2.46. The molecule has 1 amide bonds. The van der Waals surface area contributed by atoms with Gasteiger partial charge in [-0.15, -0.1) is 0 Å². The molecule has 0 unspecified atom stereocenters. The molecule has 4 rings (SSSR count). The number of hydrogen-bond donors (Lipinski definition) is 3. The molecule has 1 spiro atoms. The first-order chi connectivity index (χ1) is 16.0. The normalized spacial score (nSPS) is 17.3. The van der Waals surface area contributed by atoms with Crippen molar-refractivity contribution in [2.75, 3.05) is 31.1 Å². The van der Waals surface area contributed by atoms with Crippen LogP contribution in [0.5, 0.6) is 0 Å². The molecule has 2 aliphatic rings. The minimum atomic E-state index is -0.425. The summed E-state index contributed by atoms with van der Waals surface area (Å²) in [5.41, 5.74) is 4.02. The number of nitrogens with zero attached hydrogens (tertiary/aromatic N) is 3. The van der Waals surface area contributed by atoms with Crippen molar-refractivity contribution in [3.8, 4) is 17.2 Å². The Balaban J connectivity index is 1.54. The summed E-state index contributed by atoms with van der Waals surface area (Å²) in [6.45, 7) is 2.53. The predicted molar refractivity (Wildman–Crippen MR) is 128 cm³/mol. The number of nitriles is 1. The summed E-state index contributed by atoms with van der Waals surface area (Å²) in [5, 5.41) is 22.8. The number of pyridine rings is 1. The van der Waals surface area contributed by atoms with Gasteiger partial charge in [-0.05, 0) is 11.1 Å². The van der Waals surface area contributed by atoms with Gasteiger partial charge in [-0.3, -0.25) is 4.98 Å². The van der Waals surface area contributed by atoms with E-state index in [-0.39, 0.29) is 6.09 Å². The number of carbonyl (C=O) groups excluding carboxylic acids is 1. The third kappa shape index (κ3) is 4.94. The fourth-order valence-electron chi connectivity index (χ4n) is 4.24. The molecule has 2 fully saturated rings. The van der Waals surface area contributed by atoms with Crippen LogP contribution in [0, 0.1) is 16.7 Å². The van der Waals surface area contributed by atoms with Crippen LogP contribution >= 0.6 is 11.6 Å². The molecule has 0 saturated carbocycles. The monoisotopic (exact) mass is 464 g/mol. The van der Waals surface area contributed by atoms with Crippen LogP contribution in [0.4, 0.5) is 10.5 Å². The van der Waals surface area contributed by atoms with Crippen molar-refractivity contribution >= 4 is 35.2 Å². The fraction of sp³-hybridized carbons (Fsp3) is 0.333. The van der Waals surface area contributed by atoms with Crippen molar-refractivity contribution in [1.29, 1.82) is 10.7 Å². The predicted octanol–water partition coefficient (Wildman–Crippen LogP) is 3.97. The maximum atomic E-state index is 11.5. The Labute approximate surface area is 197 Å². The van der Waals surface area contributed by atoms with Gasteiger partial charge in [0.15, 0.2) is 0 Å². The van der Waals surface area contributed by atoms with Crippen molar-refractivity contribution in [3.63, 3.8) is 0 Å². The number of alkyl carbamates (subject to hydrolysis) is 1. The summed E-state index contributed by atoms with van der Waals surface area (Å²) in [4.78, 5) is 18.1. The molecule has 0 bridgehead atoms. The van der Waals surface area contributed by atoms with Gasteiger partial charge in [-0.2, -0.15) is 5.26 Å². The molecule has 1 aromatic heterocycles. The van der Waals surface area contributed by atoms with Crippen molar-refractivity contribution in [3.05, 3.63) is 53.4 Å². The number of aromatic nitrogens is 1. The number of benzene rings is 1. The quantitative estimate of drug-likeness (QED) is 0.422. The second-order valence-corrected chi connectivity index (χ2v) is 8.52. The lowest BCUT2D eigenvalue weighted by Gasteiger charge is -2.39. The zero-order valence-corrected chi connectivity index (χ0v) is 18.9. The standard InChI is InChI=1S/C24H25ClN6O2/c25-21-15-29-14-20(22(21)31-10-6-24(7-11-31)16-30-23(32)33-24)18-4-2-17(3-5-18)19(12-27)13-28-9-1-8-26/h2-5,12-15,27-28H,1,6-7,9-11,16H2,(H,30,32)/b19-13+,27-12?. The molecule has 0 aliphatic carbocycles. The summed E-state index contributed by atoms with van der Waals surface area (Å²) in [7, 11) is 0. The summed E-state index contributed by atoms with van der Waals surface area (Å²) >= 11 is 6.60. The molecular weight excluding hydrogens is 440 g/mol. The Hall–Kier alpha value is -3.57. The summed E-state index contributed by atoms with van der Waals surface area (Å²) in [6, 6.07) is 9.98. The minimum absolute atomic E-state index is 0.343. The van der Waals surface area contributed by atoms with Crippen LogP contribution < -0.4 is 15.5 Å². The molecule has 2 aliphatic heterocycles. The first-order valence-corrected chi connectivity index (χ1v) is 11.2. The zero-order chi connectivity index (χ0) is 23.3. The molecule has 2 aromatic rings. The number of nitrogens with one attached hydrogen (secondary N) is 3. The highest BCUT2D eigenvalue weighted by Gasteiger charge is 2.43. The van der Waals surface area contributed by atoms with E-state index < -0.39 is 5.60 Å². The third-order valence-corrected chi connectivity index (χ3v) is 6.33. The van der Waals surface area contributed by atoms with Gasteiger partial charge in [0.1, 0.15) is 5.60 Å². The average molecular weight is 465 g/mol. The molecule has 8 nitrogen and oxygen atoms in total. The van der Waals surface area contributed by atoms with Crippen molar-refractivity contribution in [1.82, 2.24) is 15.6 Å². The maximum Gasteiger partial charge on any atom is 0.407 e. The molecule has 3 N–H and O–H groups in total. The molecule has 2 saturated heterocycles. The lowest BCUT2D eigenvalue weighted by molar-refractivity contribution is 0.0367. The number of anilines is 1. The van der Waals surface area contributed by atoms with Gasteiger partial charge in [0.25, 0.3) is 0 Å². The highest BCUT2D eigenvalue weighted by atomic mass is 35.5. The van der Waals surface area contributed by atoms with E-state index in [1.807, 2.05) is 30.5 Å². The summed E-state index contributed by atoms with van der Waals surface area (Å²) < 4.78 is 5.54. The van der Waals surface area contributed by atoms with Crippen LogP contribution in [0.25, 0.3) is 16.7 Å². The molecule has 0 radical (unpaired) electrons. The number of ether oxygens (including phenoxy) is 1. The first-order valence-electron chi connectivity index (χ1n) is 10.8. The van der Waals surface area contributed by atoms with Gasteiger partial charge >= 0.3 is 6.09 Å². The van der Waals surface area contributed by atoms with Crippen LogP contribution in [-0.2, 0) is 4.74 Å². The Morgan fingerprint density at radius 1 is 1.33 bits per heavy atom. The Morgan fingerprint density at radius 3 is 2.73 bits per heavy atom. The first kappa shape index (κ1) is 22.6. The second-order valence-electron chi connectivity index (χ2n) is 8.11. The van der Waals surface area contributed by atoms with Gasteiger partial charge < -0.3 is 25.7 Å². The number of piperidine rings is 1. The third-order valence-electron chi connectivity index (χ3n) is 6.05. The SMILES string of the molecule is N#CCCN/C=C(\C=N)c1ccc(-c2cncc(Cl)c2N2CCC3(CC2)CNC(=O)O3)cc1. The molecule has 3 heterocycles. The molecular formula is C24H25ClN6O2. The van der Waals surface area contributed by atoms with E-state index in [0.717, 1.165) is 53.9 Å². The number of amides is 1. The largest absolute Gasteiger partial charge is 0.441 e. The number of hydrogen-bond acceptors (Lipinski definition) is 7. The highest BCUT2D eigenvalue weighted by Crippen LogP contribution is 2.40. The van der Waals surface area contributed by atoms with Gasteiger partial charge in [0.05, 0.1) is 29.7 Å². The van der Waals surface area contributed by atoms with E-state index in [9.17, 15) is 4.79 Å². The van der Waals surface area contributed by atoms with E-state index in [1.165, 1.54) is 6.21 Å². The van der Waals surface area contributed by atoms with E-state index in [2.05, 4.69) is 26.6 Å². The van der Waals surface area contributed by atoms with Crippen molar-refractivity contribution in [2.24, 2.45) is 0 Å². The number of halogens is 1. The molecule has 0 atom stereocenters. The number of rotatable bonds is 7. The topological polar surface area (TPSA) is 114 Å². The van der Waals surface area contributed by atoms with Crippen molar-refractivity contribution in [2.45, 2.75) is 24.9 Å². The number of carbonyl (C=O) groups is 1. The van der Waals surface area contributed by atoms with Crippen LogP contribution in [-0.4, -0.2) is 49.1 Å². The Bertz CT molecular complexity index is 1100. The Morgan fingerprint density at radius 2 is 2.09 bits per heavy atom. The van der Waals surface area contributed by atoms with Crippen molar-refractivity contribution < 1.29 is 9.53 Å². The van der Waals surface area contributed by atoms with Crippen LogP contribution in [0.15, 0.2) is 42.9 Å². The molecule has 170 valence electrons. The average Bonchev–Trinajstić information content (AvgIpc) is 3.20. The molecule has 9 heteroatoms. The highest BCUT2D eigenvalue weighted by molar-refractivity contribution is 6.33. The maximum absolute atomic E-state index is 11.5. The van der Waals surface area contributed by atoms with Gasteiger partial charge in [-0.25, -0.2) is 4.79 Å². The van der Waals surface area contributed by atoms with Crippen LogP contribution in [0.3, 0.4) is 0 Å². The summed E-state index contributed by atoms with van der Waals surface area (Å²) in [6.07, 6.45) is 8.03. The van der Waals surface area contributed by atoms with Crippen LogP contribution in [0.1, 0.15) is 24.8 Å². The molecule has 1 aromatic carbocycles. The fourth-order valence-corrected chi connectivity index (χ4v) is 4.52.